The van der Waals surface area contributed by atoms with Crippen molar-refractivity contribution >= 4 is 34.2 Å². The van der Waals surface area contributed by atoms with E-state index >= 15 is 0 Å². The van der Waals surface area contributed by atoms with Crippen molar-refractivity contribution in [3.05, 3.63) is 57.1 Å². The van der Waals surface area contributed by atoms with Gasteiger partial charge in [-0.25, -0.2) is 4.79 Å². The molecule has 0 fully saturated rings. The lowest BCUT2D eigenvalue weighted by Crippen LogP contribution is -1.94. The number of nitro groups is 1. The highest BCUT2D eigenvalue weighted by molar-refractivity contribution is 6.33. The molecule has 2 N–H and O–H groups in total. The number of carboxylic acid groups (broad SMARTS) is 1. The Labute approximate surface area is 128 Å². The zero-order valence-electron chi connectivity index (χ0n) is 10.9. The molecule has 0 spiro atoms. The highest BCUT2D eigenvalue weighted by Crippen LogP contribution is 2.34. The van der Waals surface area contributed by atoms with Gasteiger partial charge in [0.05, 0.1) is 21.0 Å². The number of benzene rings is 2. The summed E-state index contributed by atoms with van der Waals surface area (Å²) in [5.74, 6) is -1.04. The van der Waals surface area contributed by atoms with Crippen LogP contribution in [0.15, 0.2) is 36.4 Å². The number of hydrogen-bond donors (Lipinski definition) is 2. The van der Waals surface area contributed by atoms with E-state index in [1.807, 2.05) is 0 Å². The molecule has 0 aliphatic carbocycles. The van der Waals surface area contributed by atoms with Crippen LogP contribution in [-0.2, 0) is 0 Å². The van der Waals surface area contributed by atoms with E-state index in [4.69, 9.17) is 16.7 Å². The molecule has 1 aromatic heterocycles. The largest absolute Gasteiger partial charge is 0.478 e. The van der Waals surface area contributed by atoms with E-state index in [9.17, 15) is 14.9 Å². The van der Waals surface area contributed by atoms with Crippen LogP contribution in [-0.4, -0.2) is 26.2 Å². The minimum Gasteiger partial charge on any atom is -0.478 e. The van der Waals surface area contributed by atoms with E-state index in [-0.39, 0.29) is 16.3 Å². The van der Waals surface area contributed by atoms with Gasteiger partial charge < -0.3 is 5.11 Å². The monoisotopic (exact) mass is 317 g/mol. The maximum atomic E-state index is 11.0. The number of hydrogen-bond acceptors (Lipinski definition) is 4. The molecular formula is C14H8ClN3O4. The number of aromatic amines is 1. The van der Waals surface area contributed by atoms with Gasteiger partial charge in [-0.2, -0.15) is 5.10 Å². The molecule has 110 valence electrons. The number of fused-ring (bicyclic) bond motifs is 1. The maximum Gasteiger partial charge on any atom is 0.335 e. The first-order valence-corrected chi connectivity index (χ1v) is 6.51. The molecule has 0 aliphatic rings. The van der Waals surface area contributed by atoms with Crippen molar-refractivity contribution in [1.82, 2.24) is 10.2 Å². The van der Waals surface area contributed by atoms with Crippen LogP contribution in [0.2, 0.25) is 5.02 Å². The fourth-order valence-corrected chi connectivity index (χ4v) is 2.43. The number of nitro benzene ring substituents is 1. The van der Waals surface area contributed by atoms with Crippen molar-refractivity contribution in [2.45, 2.75) is 0 Å². The van der Waals surface area contributed by atoms with Crippen molar-refractivity contribution in [3.8, 4) is 11.3 Å². The molecule has 3 aromatic rings. The zero-order valence-corrected chi connectivity index (χ0v) is 11.7. The highest BCUT2D eigenvalue weighted by Gasteiger charge is 2.16. The number of nitrogens with zero attached hydrogens (tertiary/aromatic N) is 2. The van der Waals surface area contributed by atoms with Crippen LogP contribution in [0.3, 0.4) is 0 Å². The van der Waals surface area contributed by atoms with Crippen LogP contribution in [0.25, 0.3) is 22.2 Å². The third-order valence-corrected chi connectivity index (χ3v) is 3.54. The molecule has 3 rings (SSSR count). The number of H-pyrrole nitrogens is 1. The third-order valence-electron chi connectivity index (χ3n) is 3.23. The summed E-state index contributed by atoms with van der Waals surface area (Å²) in [4.78, 5) is 21.2. The molecule has 0 saturated carbocycles. The van der Waals surface area contributed by atoms with Gasteiger partial charge in [0, 0.05) is 23.1 Å². The van der Waals surface area contributed by atoms with Gasteiger partial charge in [-0.05, 0) is 24.3 Å². The Kier molecular flexibility index (Phi) is 3.26. The second-order valence-electron chi connectivity index (χ2n) is 4.56. The van der Waals surface area contributed by atoms with E-state index in [2.05, 4.69) is 10.2 Å². The SMILES string of the molecule is O=C(O)c1ccc2c(-c3ccc([N+](=O)[O-])cc3Cl)n[nH]c2c1. The van der Waals surface area contributed by atoms with E-state index in [0.717, 1.165) is 0 Å². The first kappa shape index (κ1) is 14.0. The predicted molar refractivity (Wildman–Crippen MR) is 80.2 cm³/mol. The average molecular weight is 318 g/mol. The first-order valence-electron chi connectivity index (χ1n) is 6.13. The summed E-state index contributed by atoms with van der Waals surface area (Å²) >= 11 is 6.09. The topological polar surface area (TPSA) is 109 Å². The number of non-ortho nitro benzene ring substituents is 1. The molecule has 22 heavy (non-hydrogen) atoms. The van der Waals surface area contributed by atoms with E-state index < -0.39 is 10.9 Å². The quantitative estimate of drug-likeness (QED) is 0.567. The van der Waals surface area contributed by atoms with Gasteiger partial charge in [-0.1, -0.05) is 11.6 Å². The lowest BCUT2D eigenvalue weighted by molar-refractivity contribution is -0.384. The average Bonchev–Trinajstić information content (AvgIpc) is 2.89. The van der Waals surface area contributed by atoms with Crippen LogP contribution >= 0.6 is 11.6 Å². The molecule has 2 aromatic carbocycles. The van der Waals surface area contributed by atoms with Crippen molar-refractivity contribution in [1.29, 1.82) is 0 Å². The standard InChI is InChI=1S/C14H8ClN3O4/c15-11-6-8(18(21)22)2-4-9(11)13-10-3-1-7(14(19)20)5-12(10)16-17-13/h1-6H,(H,16,17)(H,19,20). The normalized spacial score (nSPS) is 10.8. The van der Waals surface area contributed by atoms with Gasteiger partial charge in [0.15, 0.2) is 0 Å². The molecule has 0 bridgehead atoms. The van der Waals surface area contributed by atoms with Gasteiger partial charge in [0.25, 0.3) is 5.69 Å². The number of halogens is 1. The molecule has 8 heteroatoms. The van der Waals surface area contributed by atoms with Gasteiger partial charge in [0.2, 0.25) is 0 Å². The predicted octanol–water partition coefficient (Wildman–Crippen LogP) is 3.49. The number of aromatic nitrogens is 2. The number of aromatic carboxylic acids is 1. The lowest BCUT2D eigenvalue weighted by Gasteiger charge is -2.02. The molecule has 0 amide bonds. The van der Waals surface area contributed by atoms with Crippen molar-refractivity contribution in [3.63, 3.8) is 0 Å². The van der Waals surface area contributed by atoms with E-state index in [1.54, 1.807) is 6.07 Å². The molecule has 1 heterocycles. The second-order valence-corrected chi connectivity index (χ2v) is 4.97. The Hall–Kier alpha value is -2.93. The Morgan fingerprint density at radius 3 is 2.68 bits per heavy atom. The van der Waals surface area contributed by atoms with Crippen molar-refractivity contribution in [2.24, 2.45) is 0 Å². The molecule has 0 radical (unpaired) electrons. The third kappa shape index (κ3) is 2.27. The van der Waals surface area contributed by atoms with Crippen molar-refractivity contribution < 1.29 is 14.8 Å². The fraction of sp³-hybridized carbons (Fsp3) is 0. The number of carbonyl (C=O) groups is 1. The van der Waals surface area contributed by atoms with Crippen LogP contribution in [0.1, 0.15) is 10.4 Å². The van der Waals surface area contributed by atoms with Gasteiger partial charge >= 0.3 is 5.97 Å². The van der Waals surface area contributed by atoms with Crippen LogP contribution < -0.4 is 0 Å². The van der Waals surface area contributed by atoms with Crippen LogP contribution in [0.5, 0.6) is 0 Å². The van der Waals surface area contributed by atoms with Gasteiger partial charge in [0.1, 0.15) is 5.69 Å². The fourth-order valence-electron chi connectivity index (χ4n) is 2.17. The second kappa shape index (κ2) is 5.12. The summed E-state index contributed by atoms with van der Waals surface area (Å²) in [6.45, 7) is 0. The molecule has 7 nitrogen and oxygen atoms in total. The highest BCUT2D eigenvalue weighted by atomic mass is 35.5. The molecule has 0 aliphatic heterocycles. The summed E-state index contributed by atoms with van der Waals surface area (Å²) < 4.78 is 0. The summed E-state index contributed by atoms with van der Waals surface area (Å²) in [5, 5.41) is 27.5. The molecule has 0 unspecified atom stereocenters. The summed E-state index contributed by atoms with van der Waals surface area (Å²) in [7, 11) is 0. The Balaban J connectivity index is 2.15. The minimum atomic E-state index is -1.04. The minimum absolute atomic E-state index is 0.109. The summed E-state index contributed by atoms with van der Waals surface area (Å²) in [6.07, 6.45) is 0. The zero-order chi connectivity index (χ0) is 15.9. The van der Waals surface area contributed by atoms with Gasteiger partial charge in [-0.15, -0.1) is 0 Å². The Morgan fingerprint density at radius 2 is 2.05 bits per heavy atom. The molecule has 0 saturated heterocycles. The van der Waals surface area contributed by atoms with Crippen molar-refractivity contribution in [2.75, 3.05) is 0 Å². The maximum absolute atomic E-state index is 11.0. The van der Waals surface area contributed by atoms with E-state index in [0.29, 0.717) is 22.2 Å². The number of rotatable bonds is 3. The summed E-state index contributed by atoms with van der Waals surface area (Å²) in [5.41, 5.74) is 1.61. The number of carboxylic acids is 1. The van der Waals surface area contributed by atoms with Crippen LogP contribution in [0, 0.1) is 10.1 Å². The van der Waals surface area contributed by atoms with E-state index in [1.165, 1.54) is 30.3 Å². The molecular weight excluding hydrogens is 310 g/mol. The van der Waals surface area contributed by atoms with Crippen LogP contribution in [0.4, 0.5) is 5.69 Å². The first-order chi connectivity index (χ1) is 10.5. The smallest absolute Gasteiger partial charge is 0.335 e. The summed E-state index contributed by atoms with van der Waals surface area (Å²) in [6, 6.07) is 8.66. The van der Waals surface area contributed by atoms with Gasteiger partial charge in [-0.3, -0.25) is 15.2 Å². The Morgan fingerprint density at radius 1 is 1.27 bits per heavy atom. The molecule has 0 atom stereocenters. The lowest BCUT2D eigenvalue weighted by atomic mass is 10.1. The Bertz CT molecular complexity index is 920. The number of nitrogens with one attached hydrogen (secondary N) is 1.